The normalized spacial score (nSPS) is 18.1. The number of urea groups is 1. The monoisotopic (exact) mass is 309 g/mol. The van der Waals surface area contributed by atoms with Crippen LogP contribution in [0.4, 0.5) is 10.5 Å². The molecule has 1 atom stereocenters. The molecule has 3 amide bonds. The first-order valence-corrected chi connectivity index (χ1v) is 7.42. The van der Waals surface area contributed by atoms with Crippen molar-refractivity contribution in [1.29, 1.82) is 0 Å². The standard InChI is InChI=1S/C13H15N3O4S/c14-13(20)15-9-3-1-8(2-4-9)11(17)16-5-6-21-7-10(16)12(18)19/h1-4,10H,5-7H2,(H,18,19)(H3,14,15,20). The molecule has 4 N–H and O–H groups in total. The molecule has 0 saturated carbocycles. The van der Waals surface area contributed by atoms with Crippen molar-refractivity contribution in [1.82, 2.24) is 4.90 Å². The van der Waals surface area contributed by atoms with Crippen LogP contribution in [0.5, 0.6) is 0 Å². The van der Waals surface area contributed by atoms with Crippen LogP contribution in [0.15, 0.2) is 24.3 Å². The minimum Gasteiger partial charge on any atom is -0.480 e. The Labute approximate surface area is 125 Å². The second kappa shape index (κ2) is 6.49. The van der Waals surface area contributed by atoms with Gasteiger partial charge in [0, 0.05) is 29.3 Å². The molecule has 0 aromatic heterocycles. The number of anilines is 1. The number of carboxylic acid groups (broad SMARTS) is 1. The predicted octanol–water partition coefficient (Wildman–Crippen LogP) is 0.819. The van der Waals surface area contributed by atoms with Crippen molar-refractivity contribution < 1.29 is 19.5 Å². The fourth-order valence-corrected chi connectivity index (χ4v) is 3.09. The maximum absolute atomic E-state index is 12.4. The number of hydrogen-bond acceptors (Lipinski definition) is 4. The van der Waals surface area contributed by atoms with Crippen LogP contribution in [-0.2, 0) is 4.79 Å². The highest BCUT2D eigenvalue weighted by atomic mass is 32.2. The fourth-order valence-electron chi connectivity index (χ4n) is 2.06. The van der Waals surface area contributed by atoms with E-state index in [1.165, 1.54) is 28.8 Å². The molecule has 1 heterocycles. The van der Waals surface area contributed by atoms with E-state index in [4.69, 9.17) is 5.73 Å². The van der Waals surface area contributed by atoms with E-state index in [1.54, 1.807) is 12.1 Å². The van der Waals surface area contributed by atoms with Gasteiger partial charge in [-0.15, -0.1) is 0 Å². The summed E-state index contributed by atoms with van der Waals surface area (Å²) >= 11 is 1.52. The van der Waals surface area contributed by atoms with E-state index in [1.807, 2.05) is 0 Å². The molecule has 112 valence electrons. The third kappa shape index (κ3) is 3.66. The van der Waals surface area contributed by atoms with E-state index in [2.05, 4.69) is 5.32 Å². The number of nitrogens with one attached hydrogen (secondary N) is 1. The maximum atomic E-state index is 12.4. The number of aliphatic carboxylic acids is 1. The van der Waals surface area contributed by atoms with Gasteiger partial charge in [-0.1, -0.05) is 0 Å². The number of nitrogens with zero attached hydrogens (tertiary/aromatic N) is 1. The van der Waals surface area contributed by atoms with Crippen molar-refractivity contribution in [3.63, 3.8) is 0 Å². The largest absolute Gasteiger partial charge is 0.480 e. The topological polar surface area (TPSA) is 113 Å². The first kappa shape index (κ1) is 15.2. The number of thioether (sulfide) groups is 1. The summed E-state index contributed by atoms with van der Waals surface area (Å²) in [4.78, 5) is 35.7. The number of carbonyl (C=O) groups excluding carboxylic acids is 2. The van der Waals surface area contributed by atoms with Gasteiger partial charge in [-0.25, -0.2) is 9.59 Å². The number of amides is 3. The van der Waals surface area contributed by atoms with E-state index >= 15 is 0 Å². The molecule has 0 aliphatic carbocycles. The Morgan fingerprint density at radius 1 is 1.29 bits per heavy atom. The highest BCUT2D eigenvalue weighted by Crippen LogP contribution is 2.20. The van der Waals surface area contributed by atoms with Crippen molar-refractivity contribution in [2.24, 2.45) is 5.73 Å². The Morgan fingerprint density at radius 2 is 1.95 bits per heavy atom. The lowest BCUT2D eigenvalue weighted by Crippen LogP contribution is -2.50. The number of benzene rings is 1. The molecule has 2 rings (SSSR count). The number of carbonyl (C=O) groups is 3. The third-order valence-electron chi connectivity index (χ3n) is 3.07. The zero-order valence-electron chi connectivity index (χ0n) is 11.1. The van der Waals surface area contributed by atoms with Gasteiger partial charge in [0.05, 0.1) is 0 Å². The first-order chi connectivity index (χ1) is 9.99. The summed E-state index contributed by atoms with van der Waals surface area (Å²) < 4.78 is 0. The zero-order chi connectivity index (χ0) is 15.4. The Bertz CT molecular complexity index is 561. The van der Waals surface area contributed by atoms with Crippen LogP contribution in [0.1, 0.15) is 10.4 Å². The molecule has 1 saturated heterocycles. The van der Waals surface area contributed by atoms with E-state index < -0.39 is 18.0 Å². The van der Waals surface area contributed by atoms with Crippen LogP contribution >= 0.6 is 11.8 Å². The molecule has 1 fully saturated rings. The van der Waals surface area contributed by atoms with Crippen molar-refractivity contribution in [2.45, 2.75) is 6.04 Å². The number of hydrogen-bond donors (Lipinski definition) is 3. The number of nitrogens with two attached hydrogens (primary N) is 1. The lowest BCUT2D eigenvalue weighted by atomic mass is 10.1. The summed E-state index contributed by atoms with van der Waals surface area (Å²) in [6.07, 6.45) is 0. The molecule has 1 unspecified atom stereocenters. The van der Waals surface area contributed by atoms with Crippen LogP contribution in [0.25, 0.3) is 0 Å². The SMILES string of the molecule is NC(=O)Nc1ccc(C(=O)N2CCSCC2C(=O)O)cc1. The second-order valence-corrected chi connectivity index (χ2v) is 5.64. The summed E-state index contributed by atoms with van der Waals surface area (Å²) in [6.45, 7) is 0.405. The molecule has 8 heteroatoms. The Balaban J connectivity index is 2.14. The van der Waals surface area contributed by atoms with E-state index in [0.717, 1.165) is 5.75 Å². The summed E-state index contributed by atoms with van der Waals surface area (Å²) in [5.74, 6) is -0.213. The predicted molar refractivity (Wildman–Crippen MR) is 79.4 cm³/mol. The second-order valence-electron chi connectivity index (χ2n) is 4.49. The Kier molecular flexibility index (Phi) is 4.69. The quantitative estimate of drug-likeness (QED) is 0.765. The number of primary amides is 1. The van der Waals surface area contributed by atoms with E-state index in [0.29, 0.717) is 23.5 Å². The van der Waals surface area contributed by atoms with Gasteiger partial charge in [-0.3, -0.25) is 4.79 Å². The maximum Gasteiger partial charge on any atom is 0.327 e. The van der Waals surface area contributed by atoms with Crippen LogP contribution < -0.4 is 11.1 Å². The fraction of sp³-hybridized carbons (Fsp3) is 0.308. The van der Waals surface area contributed by atoms with Crippen molar-refractivity contribution in [2.75, 3.05) is 23.4 Å². The van der Waals surface area contributed by atoms with Gasteiger partial charge in [0.25, 0.3) is 5.91 Å². The zero-order valence-corrected chi connectivity index (χ0v) is 11.9. The van der Waals surface area contributed by atoms with Crippen molar-refractivity contribution >= 4 is 35.4 Å². The van der Waals surface area contributed by atoms with E-state index in [9.17, 15) is 19.5 Å². The smallest absolute Gasteiger partial charge is 0.327 e. The summed E-state index contributed by atoms with van der Waals surface area (Å²) in [6, 6.07) is 4.68. The van der Waals surface area contributed by atoms with Gasteiger partial charge in [0.2, 0.25) is 0 Å². The van der Waals surface area contributed by atoms with Crippen molar-refractivity contribution in [3.05, 3.63) is 29.8 Å². The van der Waals surface area contributed by atoms with Gasteiger partial charge in [-0.2, -0.15) is 11.8 Å². The molecular formula is C13H15N3O4S. The van der Waals surface area contributed by atoms with Crippen LogP contribution in [0.3, 0.4) is 0 Å². The Morgan fingerprint density at radius 3 is 2.52 bits per heavy atom. The van der Waals surface area contributed by atoms with Crippen LogP contribution in [-0.4, -0.2) is 52.0 Å². The molecule has 0 spiro atoms. The molecule has 1 aliphatic heterocycles. The molecule has 0 radical (unpaired) electrons. The molecule has 0 bridgehead atoms. The van der Waals surface area contributed by atoms with Gasteiger partial charge < -0.3 is 21.1 Å². The minimum absolute atomic E-state index is 0.326. The first-order valence-electron chi connectivity index (χ1n) is 6.27. The third-order valence-corrected chi connectivity index (χ3v) is 4.10. The minimum atomic E-state index is -0.998. The number of rotatable bonds is 3. The Hall–Kier alpha value is -2.22. The highest BCUT2D eigenvalue weighted by molar-refractivity contribution is 7.99. The van der Waals surface area contributed by atoms with E-state index in [-0.39, 0.29) is 5.91 Å². The molecule has 1 aromatic rings. The summed E-state index contributed by atoms with van der Waals surface area (Å²) in [5, 5.41) is 11.6. The lowest BCUT2D eigenvalue weighted by Gasteiger charge is -2.32. The van der Waals surface area contributed by atoms with Crippen molar-refractivity contribution in [3.8, 4) is 0 Å². The summed E-state index contributed by atoms with van der Waals surface area (Å²) in [5.41, 5.74) is 5.85. The molecular weight excluding hydrogens is 294 g/mol. The number of carboxylic acids is 1. The molecule has 21 heavy (non-hydrogen) atoms. The lowest BCUT2D eigenvalue weighted by molar-refractivity contribution is -0.141. The average molecular weight is 309 g/mol. The van der Waals surface area contributed by atoms with Crippen LogP contribution in [0, 0.1) is 0 Å². The van der Waals surface area contributed by atoms with Gasteiger partial charge in [0.1, 0.15) is 6.04 Å². The molecule has 1 aromatic carbocycles. The van der Waals surface area contributed by atoms with Gasteiger partial charge in [0.15, 0.2) is 0 Å². The van der Waals surface area contributed by atoms with Gasteiger partial charge in [-0.05, 0) is 24.3 Å². The summed E-state index contributed by atoms with van der Waals surface area (Å²) in [7, 11) is 0. The highest BCUT2D eigenvalue weighted by Gasteiger charge is 2.32. The van der Waals surface area contributed by atoms with Gasteiger partial charge >= 0.3 is 12.0 Å². The molecule has 1 aliphatic rings. The molecule has 7 nitrogen and oxygen atoms in total. The van der Waals surface area contributed by atoms with Crippen LogP contribution in [0.2, 0.25) is 0 Å². The average Bonchev–Trinajstić information content (AvgIpc) is 2.46.